The van der Waals surface area contributed by atoms with Crippen LogP contribution in [0.4, 0.5) is 0 Å². The van der Waals surface area contributed by atoms with Gasteiger partial charge in [0.1, 0.15) is 0 Å². The molecule has 0 aliphatic carbocycles. The summed E-state index contributed by atoms with van der Waals surface area (Å²) < 4.78 is 0. The van der Waals surface area contributed by atoms with Crippen molar-refractivity contribution in [2.45, 2.75) is 0 Å². The molecule has 0 amide bonds. The van der Waals surface area contributed by atoms with Crippen molar-refractivity contribution >= 4 is 16.7 Å². The zero-order chi connectivity index (χ0) is 11.4. The second-order valence-corrected chi connectivity index (χ2v) is 3.57. The van der Waals surface area contributed by atoms with Gasteiger partial charge in [-0.15, -0.1) is 0 Å². The maximum Gasteiger partial charge on any atom is 0.178 e. The first-order valence-corrected chi connectivity index (χ1v) is 5.24. The number of aliphatic hydroxyl groups is 1. The van der Waals surface area contributed by atoms with Crippen molar-refractivity contribution < 1.29 is 9.90 Å². The minimum Gasteiger partial charge on any atom is -0.395 e. The van der Waals surface area contributed by atoms with Crippen molar-refractivity contribution in [2.24, 2.45) is 0 Å². The van der Waals surface area contributed by atoms with Crippen LogP contribution < -0.4 is 5.32 Å². The molecule has 2 rings (SSSR count). The van der Waals surface area contributed by atoms with Crippen LogP contribution in [0.2, 0.25) is 0 Å². The van der Waals surface area contributed by atoms with E-state index in [1.807, 2.05) is 24.3 Å². The van der Waals surface area contributed by atoms with E-state index >= 15 is 0 Å². The molecule has 0 aliphatic heterocycles. The number of para-hydroxylation sites is 1. The van der Waals surface area contributed by atoms with E-state index in [9.17, 15) is 4.79 Å². The van der Waals surface area contributed by atoms with Crippen LogP contribution in [0.15, 0.2) is 30.5 Å². The van der Waals surface area contributed by atoms with Gasteiger partial charge in [-0.25, -0.2) is 0 Å². The molecule has 1 aromatic carbocycles. The molecule has 1 aromatic heterocycles. The zero-order valence-electron chi connectivity index (χ0n) is 8.86. The number of nitrogens with one attached hydrogen (secondary N) is 2. The number of carbonyl (C=O) groups is 1. The van der Waals surface area contributed by atoms with Gasteiger partial charge in [0.25, 0.3) is 0 Å². The van der Waals surface area contributed by atoms with Gasteiger partial charge < -0.3 is 15.4 Å². The number of rotatable bonds is 5. The Bertz CT molecular complexity index is 490. The Morgan fingerprint density at radius 2 is 2.19 bits per heavy atom. The van der Waals surface area contributed by atoms with E-state index in [0.717, 1.165) is 10.9 Å². The summed E-state index contributed by atoms with van der Waals surface area (Å²) in [5.74, 6) is 0.0332. The number of fused-ring (bicyclic) bond motifs is 1. The van der Waals surface area contributed by atoms with E-state index in [2.05, 4.69) is 10.3 Å². The summed E-state index contributed by atoms with van der Waals surface area (Å²) in [6, 6.07) is 7.70. The molecule has 0 aliphatic rings. The third-order valence-corrected chi connectivity index (χ3v) is 2.46. The van der Waals surface area contributed by atoms with Crippen molar-refractivity contribution in [1.29, 1.82) is 0 Å². The summed E-state index contributed by atoms with van der Waals surface area (Å²) in [5.41, 5.74) is 1.66. The fraction of sp³-hybridized carbons (Fsp3) is 0.250. The van der Waals surface area contributed by atoms with E-state index in [1.165, 1.54) is 0 Å². The highest BCUT2D eigenvalue weighted by Gasteiger charge is 2.10. The van der Waals surface area contributed by atoms with E-state index in [-0.39, 0.29) is 18.9 Å². The van der Waals surface area contributed by atoms with Crippen LogP contribution in [0.3, 0.4) is 0 Å². The van der Waals surface area contributed by atoms with Gasteiger partial charge in [-0.3, -0.25) is 4.79 Å². The van der Waals surface area contributed by atoms with Crippen LogP contribution in [0.25, 0.3) is 10.9 Å². The molecule has 84 valence electrons. The molecule has 3 N–H and O–H groups in total. The van der Waals surface area contributed by atoms with E-state index < -0.39 is 0 Å². The second-order valence-electron chi connectivity index (χ2n) is 3.57. The normalized spacial score (nSPS) is 10.8. The molecule has 4 heteroatoms. The smallest absolute Gasteiger partial charge is 0.178 e. The van der Waals surface area contributed by atoms with Crippen LogP contribution >= 0.6 is 0 Å². The first-order chi connectivity index (χ1) is 7.83. The average molecular weight is 218 g/mol. The minimum atomic E-state index is 0.0332. The van der Waals surface area contributed by atoms with Crippen molar-refractivity contribution in [3.63, 3.8) is 0 Å². The number of benzene rings is 1. The molecule has 16 heavy (non-hydrogen) atoms. The molecular weight excluding hydrogens is 204 g/mol. The third kappa shape index (κ3) is 2.13. The monoisotopic (exact) mass is 218 g/mol. The summed E-state index contributed by atoms with van der Waals surface area (Å²) in [7, 11) is 0. The Morgan fingerprint density at radius 1 is 1.38 bits per heavy atom. The molecule has 2 aromatic rings. The van der Waals surface area contributed by atoms with Crippen LogP contribution in [0.5, 0.6) is 0 Å². The third-order valence-electron chi connectivity index (χ3n) is 2.46. The lowest BCUT2D eigenvalue weighted by molar-refractivity contribution is 0.0991. The van der Waals surface area contributed by atoms with Gasteiger partial charge in [0, 0.05) is 29.2 Å². The molecule has 0 atom stereocenters. The molecule has 0 bridgehead atoms. The van der Waals surface area contributed by atoms with Crippen LogP contribution in [0.1, 0.15) is 10.4 Å². The summed E-state index contributed by atoms with van der Waals surface area (Å²) in [4.78, 5) is 14.9. The molecule has 0 saturated heterocycles. The first kappa shape index (κ1) is 10.9. The molecular formula is C12H14N2O2. The highest BCUT2D eigenvalue weighted by molar-refractivity contribution is 6.08. The predicted octanol–water partition coefficient (Wildman–Crippen LogP) is 0.932. The Balaban J connectivity index is 2.17. The zero-order valence-corrected chi connectivity index (χ0v) is 8.86. The topological polar surface area (TPSA) is 65.1 Å². The average Bonchev–Trinajstić information content (AvgIpc) is 2.73. The van der Waals surface area contributed by atoms with Gasteiger partial charge in [-0.2, -0.15) is 0 Å². The Labute approximate surface area is 93.3 Å². The number of carbonyl (C=O) groups excluding carboxylic acids is 1. The van der Waals surface area contributed by atoms with E-state index in [4.69, 9.17) is 5.11 Å². The van der Waals surface area contributed by atoms with E-state index in [1.54, 1.807) is 6.20 Å². The Kier molecular flexibility index (Phi) is 3.34. The highest BCUT2D eigenvalue weighted by atomic mass is 16.3. The Hall–Kier alpha value is -1.65. The predicted molar refractivity (Wildman–Crippen MR) is 62.6 cm³/mol. The van der Waals surface area contributed by atoms with Crippen molar-refractivity contribution in [3.05, 3.63) is 36.0 Å². The largest absolute Gasteiger partial charge is 0.395 e. The van der Waals surface area contributed by atoms with Gasteiger partial charge >= 0.3 is 0 Å². The Morgan fingerprint density at radius 3 is 3.00 bits per heavy atom. The summed E-state index contributed by atoms with van der Waals surface area (Å²) in [6.07, 6.45) is 1.73. The van der Waals surface area contributed by atoms with Gasteiger partial charge in [-0.1, -0.05) is 18.2 Å². The SMILES string of the molecule is O=C(CNCCO)c1c[nH]c2ccccc12. The number of hydrogen-bond acceptors (Lipinski definition) is 3. The van der Waals surface area contributed by atoms with Crippen molar-refractivity contribution in [1.82, 2.24) is 10.3 Å². The van der Waals surface area contributed by atoms with E-state index in [0.29, 0.717) is 12.1 Å². The molecule has 0 radical (unpaired) electrons. The van der Waals surface area contributed by atoms with Gasteiger partial charge in [-0.05, 0) is 6.07 Å². The van der Waals surface area contributed by atoms with Gasteiger partial charge in [0.05, 0.1) is 13.2 Å². The lowest BCUT2D eigenvalue weighted by Gasteiger charge is -2.00. The van der Waals surface area contributed by atoms with Crippen LogP contribution in [-0.4, -0.2) is 35.6 Å². The fourth-order valence-electron chi connectivity index (χ4n) is 1.68. The summed E-state index contributed by atoms with van der Waals surface area (Å²) >= 11 is 0. The number of ketones is 1. The maximum absolute atomic E-state index is 11.8. The minimum absolute atomic E-state index is 0.0332. The van der Waals surface area contributed by atoms with Crippen LogP contribution in [-0.2, 0) is 0 Å². The first-order valence-electron chi connectivity index (χ1n) is 5.24. The molecule has 0 fully saturated rings. The number of hydrogen-bond donors (Lipinski definition) is 3. The lowest BCUT2D eigenvalue weighted by Crippen LogP contribution is -2.25. The lowest BCUT2D eigenvalue weighted by atomic mass is 10.1. The van der Waals surface area contributed by atoms with Crippen molar-refractivity contribution in [2.75, 3.05) is 19.7 Å². The van der Waals surface area contributed by atoms with Gasteiger partial charge in [0.15, 0.2) is 5.78 Å². The molecule has 4 nitrogen and oxygen atoms in total. The fourth-order valence-corrected chi connectivity index (χ4v) is 1.68. The quantitative estimate of drug-likeness (QED) is 0.516. The molecule has 0 saturated carbocycles. The number of aromatic nitrogens is 1. The number of aliphatic hydroxyl groups excluding tert-OH is 1. The maximum atomic E-state index is 11.8. The number of Topliss-reactive ketones (excluding diaryl/α,β-unsaturated/α-hetero) is 1. The summed E-state index contributed by atoms with van der Waals surface area (Å²) in [6.45, 7) is 0.734. The number of H-pyrrole nitrogens is 1. The number of aromatic amines is 1. The highest BCUT2D eigenvalue weighted by Crippen LogP contribution is 2.17. The molecule has 0 spiro atoms. The van der Waals surface area contributed by atoms with Crippen molar-refractivity contribution in [3.8, 4) is 0 Å². The molecule has 0 unspecified atom stereocenters. The van der Waals surface area contributed by atoms with Gasteiger partial charge in [0.2, 0.25) is 0 Å². The summed E-state index contributed by atoms with van der Waals surface area (Å²) in [5, 5.41) is 12.4. The molecule has 1 heterocycles. The van der Waals surface area contributed by atoms with Crippen LogP contribution in [0, 0.1) is 0 Å². The standard InChI is InChI=1S/C12H14N2O2/c15-6-5-13-8-12(16)10-7-14-11-4-2-1-3-9(10)11/h1-4,7,13-15H,5-6,8H2. The second kappa shape index (κ2) is 4.92.